The predicted molar refractivity (Wildman–Crippen MR) is 97.3 cm³/mol. The minimum atomic E-state index is -0.614. The lowest BCUT2D eigenvalue weighted by Crippen LogP contribution is -2.19. The lowest BCUT2D eigenvalue weighted by Gasteiger charge is -2.11. The van der Waals surface area contributed by atoms with Crippen molar-refractivity contribution in [2.24, 2.45) is 0 Å². The number of benzene rings is 1. The van der Waals surface area contributed by atoms with Crippen LogP contribution in [0, 0.1) is 0 Å². The van der Waals surface area contributed by atoms with Crippen LogP contribution in [0.5, 0.6) is 5.75 Å². The van der Waals surface area contributed by atoms with Crippen molar-refractivity contribution in [1.29, 1.82) is 0 Å². The minimum absolute atomic E-state index is 0.217. The van der Waals surface area contributed by atoms with Crippen molar-refractivity contribution in [1.82, 2.24) is 19.6 Å². The molecule has 3 rings (SSSR count). The highest BCUT2D eigenvalue weighted by Gasteiger charge is 2.15. The van der Waals surface area contributed by atoms with Crippen LogP contribution < -0.4 is 15.4 Å². The lowest BCUT2D eigenvalue weighted by atomic mass is 10.3. The van der Waals surface area contributed by atoms with Crippen LogP contribution in [0.25, 0.3) is 5.65 Å². The molecule has 0 unspecified atom stereocenters. The van der Waals surface area contributed by atoms with Crippen molar-refractivity contribution in [2.45, 2.75) is 20.0 Å². The first-order chi connectivity index (χ1) is 12.5. The molecule has 0 atom stereocenters. The largest absolute Gasteiger partial charge is 0.495 e. The zero-order chi connectivity index (χ0) is 18.7. The molecular weight excluding hydrogens is 360 g/mol. The number of methoxy groups -OCH3 is 1. The van der Waals surface area contributed by atoms with Crippen LogP contribution in [0.2, 0.25) is 5.02 Å². The average molecular weight is 377 g/mol. The van der Waals surface area contributed by atoms with Gasteiger partial charge in [-0.1, -0.05) is 11.6 Å². The van der Waals surface area contributed by atoms with Gasteiger partial charge in [-0.2, -0.15) is 0 Å². The summed E-state index contributed by atoms with van der Waals surface area (Å²) in [7, 11) is 1.56. The van der Waals surface area contributed by atoms with Gasteiger partial charge >= 0.3 is 6.09 Å². The molecule has 3 aromatic rings. The Hall–Kier alpha value is -3.07. The zero-order valence-electron chi connectivity index (χ0n) is 14.4. The van der Waals surface area contributed by atoms with Crippen LogP contribution in [0.1, 0.15) is 13.8 Å². The van der Waals surface area contributed by atoms with Crippen molar-refractivity contribution in [3.8, 4) is 5.75 Å². The molecule has 2 N–H and O–H groups in total. The summed E-state index contributed by atoms with van der Waals surface area (Å²) in [5, 5.41) is 14.2. The van der Waals surface area contributed by atoms with Crippen LogP contribution in [0.4, 0.5) is 22.2 Å². The van der Waals surface area contributed by atoms with E-state index in [9.17, 15) is 4.79 Å². The van der Waals surface area contributed by atoms with Crippen molar-refractivity contribution in [3.05, 3.63) is 35.6 Å². The number of ether oxygens (including phenoxy) is 2. The van der Waals surface area contributed by atoms with Crippen LogP contribution in [0.3, 0.4) is 0 Å². The highest BCUT2D eigenvalue weighted by Crippen LogP contribution is 2.31. The van der Waals surface area contributed by atoms with Gasteiger partial charge in [0.05, 0.1) is 18.9 Å². The number of halogens is 1. The Bertz CT molecular complexity index is 943. The van der Waals surface area contributed by atoms with Crippen LogP contribution in [-0.2, 0) is 4.74 Å². The Balaban J connectivity index is 1.92. The molecule has 0 saturated heterocycles. The third kappa shape index (κ3) is 3.77. The second-order valence-corrected chi connectivity index (χ2v) is 5.98. The average Bonchev–Trinajstić information content (AvgIpc) is 2.98. The number of nitrogens with one attached hydrogen (secondary N) is 2. The fourth-order valence-corrected chi connectivity index (χ4v) is 2.41. The molecule has 0 bridgehead atoms. The summed E-state index contributed by atoms with van der Waals surface area (Å²) in [4.78, 5) is 16.1. The van der Waals surface area contributed by atoms with Gasteiger partial charge in [-0.3, -0.25) is 9.72 Å². The van der Waals surface area contributed by atoms with Gasteiger partial charge in [0.25, 0.3) is 0 Å². The number of fused-ring (bicyclic) bond motifs is 1. The van der Waals surface area contributed by atoms with E-state index in [0.29, 0.717) is 27.9 Å². The normalized spacial score (nSPS) is 10.8. The van der Waals surface area contributed by atoms with Gasteiger partial charge in [0, 0.05) is 17.4 Å². The predicted octanol–water partition coefficient (Wildman–Crippen LogP) is 3.49. The second-order valence-electron chi connectivity index (χ2n) is 5.54. The Labute approximate surface area is 154 Å². The van der Waals surface area contributed by atoms with E-state index in [0.717, 1.165) is 0 Å². The first-order valence-corrected chi connectivity index (χ1v) is 8.13. The molecule has 10 heteroatoms. The minimum Gasteiger partial charge on any atom is -0.495 e. The number of rotatable bonds is 5. The second kappa shape index (κ2) is 7.44. The van der Waals surface area contributed by atoms with Crippen molar-refractivity contribution in [3.63, 3.8) is 0 Å². The number of nitrogens with zero attached hydrogens (tertiary/aromatic N) is 4. The summed E-state index contributed by atoms with van der Waals surface area (Å²) in [6.07, 6.45) is 2.32. The van der Waals surface area contributed by atoms with E-state index in [4.69, 9.17) is 21.1 Å². The Kier molecular flexibility index (Phi) is 5.08. The molecule has 0 aliphatic heterocycles. The Morgan fingerprint density at radius 2 is 2.12 bits per heavy atom. The fourth-order valence-electron chi connectivity index (χ4n) is 2.24. The molecule has 2 heterocycles. The number of aromatic nitrogens is 4. The molecule has 0 radical (unpaired) electrons. The standard InChI is InChI=1S/C16H17ClN6O3/c1-9(2)26-16(24)20-15-22-21-14-13(18-6-7-23(14)15)19-11-8-10(17)4-5-12(11)25-3/h4-9H,1-3H3,(H,18,19)(H,20,22,24). The number of anilines is 3. The van der Waals surface area contributed by atoms with Gasteiger partial charge in [0.1, 0.15) is 5.75 Å². The zero-order valence-corrected chi connectivity index (χ0v) is 15.1. The molecule has 2 aromatic heterocycles. The van der Waals surface area contributed by atoms with E-state index in [-0.39, 0.29) is 12.1 Å². The fraction of sp³-hybridized carbons (Fsp3) is 0.250. The molecule has 0 aliphatic carbocycles. The summed E-state index contributed by atoms with van der Waals surface area (Å²) in [5.74, 6) is 1.23. The molecule has 9 nitrogen and oxygen atoms in total. The molecule has 0 spiro atoms. The molecule has 0 aliphatic rings. The van der Waals surface area contributed by atoms with E-state index in [1.165, 1.54) is 0 Å². The third-order valence-corrected chi connectivity index (χ3v) is 3.53. The van der Waals surface area contributed by atoms with Crippen molar-refractivity contribution >= 4 is 40.8 Å². The van der Waals surface area contributed by atoms with Crippen LogP contribution in [-0.4, -0.2) is 38.9 Å². The first kappa shape index (κ1) is 17.7. The summed E-state index contributed by atoms with van der Waals surface area (Å²) in [5.41, 5.74) is 1.03. The topological polar surface area (TPSA) is 103 Å². The molecule has 136 valence electrons. The SMILES string of the molecule is COc1ccc(Cl)cc1Nc1nccn2c(NC(=O)OC(C)C)nnc12. The maximum Gasteiger partial charge on any atom is 0.414 e. The van der Waals surface area contributed by atoms with Gasteiger partial charge in [-0.15, -0.1) is 10.2 Å². The van der Waals surface area contributed by atoms with E-state index < -0.39 is 6.09 Å². The van der Waals surface area contributed by atoms with E-state index >= 15 is 0 Å². The Morgan fingerprint density at radius 3 is 2.85 bits per heavy atom. The van der Waals surface area contributed by atoms with E-state index in [1.54, 1.807) is 56.0 Å². The number of carbonyl (C=O) groups is 1. The van der Waals surface area contributed by atoms with Crippen LogP contribution in [0.15, 0.2) is 30.6 Å². The monoisotopic (exact) mass is 376 g/mol. The smallest absolute Gasteiger partial charge is 0.414 e. The van der Waals surface area contributed by atoms with E-state index in [1.807, 2.05) is 0 Å². The van der Waals surface area contributed by atoms with Crippen molar-refractivity contribution < 1.29 is 14.3 Å². The highest BCUT2D eigenvalue weighted by molar-refractivity contribution is 6.31. The third-order valence-electron chi connectivity index (χ3n) is 3.30. The van der Waals surface area contributed by atoms with Gasteiger partial charge in [-0.05, 0) is 32.0 Å². The summed E-state index contributed by atoms with van der Waals surface area (Å²) < 4.78 is 11.9. The van der Waals surface area contributed by atoms with Gasteiger partial charge in [-0.25, -0.2) is 9.78 Å². The number of hydrogen-bond acceptors (Lipinski definition) is 7. The van der Waals surface area contributed by atoms with Crippen molar-refractivity contribution in [2.75, 3.05) is 17.7 Å². The van der Waals surface area contributed by atoms with Crippen LogP contribution >= 0.6 is 11.6 Å². The van der Waals surface area contributed by atoms with Gasteiger partial charge < -0.3 is 14.8 Å². The number of hydrogen-bond donors (Lipinski definition) is 2. The summed E-state index contributed by atoms with van der Waals surface area (Å²) in [6.45, 7) is 3.51. The molecule has 0 fully saturated rings. The molecule has 1 amide bonds. The van der Waals surface area contributed by atoms with Gasteiger partial charge in [0.2, 0.25) is 11.6 Å². The Morgan fingerprint density at radius 1 is 1.31 bits per heavy atom. The maximum absolute atomic E-state index is 11.8. The molecule has 26 heavy (non-hydrogen) atoms. The highest BCUT2D eigenvalue weighted by atomic mass is 35.5. The maximum atomic E-state index is 11.8. The summed E-state index contributed by atoms with van der Waals surface area (Å²) >= 11 is 6.05. The lowest BCUT2D eigenvalue weighted by molar-refractivity contribution is 0.129. The molecule has 1 aromatic carbocycles. The van der Waals surface area contributed by atoms with E-state index in [2.05, 4.69) is 25.8 Å². The first-order valence-electron chi connectivity index (χ1n) is 7.76. The summed E-state index contributed by atoms with van der Waals surface area (Å²) in [6, 6.07) is 5.17. The quantitative estimate of drug-likeness (QED) is 0.702. The number of carbonyl (C=O) groups excluding carboxylic acids is 1. The number of amides is 1. The molecular formula is C16H17ClN6O3. The molecule has 0 saturated carbocycles. The van der Waals surface area contributed by atoms with Gasteiger partial charge in [0.15, 0.2) is 5.82 Å².